The summed E-state index contributed by atoms with van der Waals surface area (Å²) in [5.74, 6) is 0.706. The molecule has 2 aliphatic rings. The Morgan fingerprint density at radius 1 is 1.30 bits per heavy atom. The van der Waals surface area contributed by atoms with Crippen LogP contribution in [0, 0.1) is 16.0 Å². The molecule has 1 amide bonds. The number of non-ortho nitro benzene ring substituents is 1. The van der Waals surface area contributed by atoms with E-state index >= 15 is 0 Å². The van der Waals surface area contributed by atoms with E-state index in [1.165, 1.54) is 25.3 Å². The molecule has 9 nitrogen and oxygen atoms in total. The average molecular weight is 370 g/mol. The number of nitrogens with one attached hydrogen (secondary N) is 3. The molecule has 2 aliphatic heterocycles. The molecule has 0 aliphatic carbocycles. The van der Waals surface area contributed by atoms with E-state index in [2.05, 4.69) is 16.2 Å². The summed E-state index contributed by atoms with van der Waals surface area (Å²) < 4.78 is 11.0. The Morgan fingerprint density at radius 2 is 2.11 bits per heavy atom. The van der Waals surface area contributed by atoms with E-state index in [0.717, 1.165) is 11.3 Å². The van der Waals surface area contributed by atoms with Crippen LogP contribution in [0.3, 0.4) is 0 Å². The van der Waals surface area contributed by atoms with Crippen LogP contribution in [-0.2, 0) is 4.79 Å². The smallest absolute Gasteiger partial charge is 0.271 e. The number of carbonyl (C=O) groups excluding carboxylic acids is 1. The van der Waals surface area contributed by atoms with Gasteiger partial charge in [0.2, 0.25) is 5.91 Å². The first kappa shape index (κ1) is 17.3. The minimum absolute atomic E-state index is 0.0577. The molecular weight excluding hydrogens is 352 g/mol. The molecule has 27 heavy (non-hydrogen) atoms. The number of para-hydroxylation sites is 1. The van der Waals surface area contributed by atoms with Crippen molar-refractivity contribution < 1.29 is 19.2 Å². The van der Waals surface area contributed by atoms with Gasteiger partial charge in [0.05, 0.1) is 30.4 Å². The minimum atomic E-state index is -0.563. The Labute approximate surface area is 154 Å². The lowest BCUT2D eigenvalue weighted by Gasteiger charge is -2.29. The fraction of sp³-hybridized carbons (Fsp3) is 0.278. The fourth-order valence-electron chi connectivity index (χ4n) is 3.52. The van der Waals surface area contributed by atoms with Gasteiger partial charge in [0.15, 0.2) is 0 Å². The Hall–Kier alpha value is -3.17. The van der Waals surface area contributed by atoms with Crippen LogP contribution in [0.25, 0.3) is 0 Å². The van der Waals surface area contributed by atoms with Crippen LogP contribution in [0.1, 0.15) is 11.6 Å². The molecule has 0 aromatic heterocycles. The molecular formula is C18H18N4O5. The number of hydrogen-bond donors (Lipinski definition) is 3. The van der Waals surface area contributed by atoms with Gasteiger partial charge in [-0.3, -0.25) is 14.9 Å². The number of hydrogen-bond acceptors (Lipinski definition) is 7. The van der Waals surface area contributed by atoms with E-state index < -0.39 is 11.0 Å². The molecule has 2 aromatic carbocycles. The standard InChI is InChI=1S/C18H18N4O5/c1-26-15-7-6-10(22(24)25)8-13(15)19-18(23)17-12-9-27-14-5-3-2-4-11(14)16(12)20-21-17/h2-8,12,16-17,20-21H,9H2,1H3,(H,19,23). The van der Waals surface area contributed by atoms with Gasteiger partial charge in [0.25, 0.3) is 5.69 Å². The summed E-state index contributed by atoms with van der Waals surface area (Å²) >= 11 is 0. The quantitative estimate of drug-likeness (QED) is 0.555. The third-order valence-electron chi connectivity index (χ3n) is 4.87. The van der Waals surface area contributed by atoms with Crippen LogP contribution >= 0.6 is 0 Å². The number of nitro benzene ring substituents is 1. The summed E-state index contributed by atoms with van der Waals surface area (Å²) in [6.45, 7) is 0.381. The lowest BCUT2D eigenvalue weighted by molar-refractivity contribution is -0.384. The molecule has 0 spiro atoms. The molecule has 140 valence electrons. The van der Waals surface area contributed by atoms with Crippen molar-refractivity contribution >= 4 is 17.3 Å². The van der Waals surface area contributed by atoms with Gasteiger partial charge in [-0.25, -0.2) is 10.9 Å². The summed E-state index contributed by atoms with van der Waals surface area (Å²) in [6, 6.07) is 11.1. The van der Waals surface area contributed by atoms with E-state index in [1.807, 2.05) is 24.3 Å². The second-order valence-corrected chi connectivity index (χ2v) is 6.39. The maximum absolute atomic E-state index is 12.8. The summed E-state index contributed by atoms with van der Waals surface area (Å²) in [7, 11) is 1.44. The van der Waals surface area contributed by atoms with Crippen LogP contribution in [0.4, 0.5) is 11.4 Å². The molecule has 0 saturated carbocycles. The number of hydrazine groups is 1. The SMILES string of the molecule is COc1ccc([N+](=O)[O-])cc1NC(=O)C1NNC2c3ccccc3OCC12. The average Bonchev–Trinajstić information content (AvgIpc) is 3.12. The number of ether oxygens (including phenoxy) is 2. The van der Waals surface area contributed by atoms with Crippen LogP contribution in [0.2, 0.25) is 0 Å². The second kappa shape index (κ2) is 6.86. The van der Waals surface area contributed by atoms with Crippen LogP contribution < -0.4 is 25.6 Å². The van der Waals surface area contributed by atoms with Crippen LogP contribution in [-0.4, -0.2) is 30.6 Å². The van der Waals surface area contributed by atoms with Gasteiger partial charge in [0.1, 0.15) is 17.5 Å². The lowest BCUT2D eigenvalue weighted by atomic mass is 9.87. The summed E-state index contributed by atoms with van der Waals surface area (Å²) in [5.41, 5.74) is 7.29. The van der Waals surface area contributed by atoms with Crippen molar-refractivity contribution in [3.63, 3.8) is 0 Å². The highest BCUT2D eigenvalue weighted by atomic mass is 16.6. The molecule has 1 saturated heterocycles. The van der Waals surface area contributed by atoms with Gasteiger partial charge in [0, 0.05) is 23.6 Å². The van der Waals surface area contributed by atoms with E-state index in [9.17, 15) is 14.9 Å². The Bertz CT molecular complexity index is 903. The molecule has 0 radical (unpaired) electrons. The molecule has 3 N–H and O–H groups in total. The first-order valence-corrected chi connectivity index (χ1v) is 8.44. The van der Waals surface area contributed by atoms with Gasteiger partial charge < -0.3 is 14.8 Å². The number of nitrogens with zero attached hydrogens (tertiary/aromatic N) is 1. The summed E-state index contributed by atoms with van der Waals surface area (Å²) in [6.07, 6.45) is 0. The van der Waals surface area contributed by atoms with Crippen molar-refractivity contribution in [2.75, 3.05) is 19.0 Å². The maximum atomic E-state index is 12.8. The largest absolute Gasteiger partial charge is 0.495 e. The van der Waals surface area contributed by atoms with Crippen LogP contribution in [0.5, 0.6) is 11.5 Å². The number of carbonyl (C=O) groups is 1. The van der Waals surface area contributed by atoms with Crippen molar-refractivity contribution in [3.05, 3.63) is 58.1 Å². The van der Waals surface area contributed by atoms with Gasteiger partial charge >= 0.3 is 0 Å². The number of nitro groups is 1. The van der Waals surface area contributed by atoms with Gasteiger partial charge in [-0.05, 0) is 12.1 Å². The third kappa shape index (κ3) is 3.07. The summed E-state index contributed by atoms with van der Waals surface area (Å²) in [5, 5.41) is 13.7. The molecule has 3 unspecified atom stereocenters. The highest BCUT2D eigenvalue weighted by Crippen LogP contribution is 2.39. The topological polar surface area (TPSA) is 115 Å². The minimum Gasteiger partial charge on any atom is -0.495 e. The fourth-order valence-corrected chi connectivity index (χ4v) is 3.52. The Balaban J connectivity index is 1.55. The van der Waals surface area contributed by atoms with Crippen molar-refractivity contribution in [1.82, 2.24) is 10.9 Å². The van der Waals surface area contributed by atoms with Crippen molar-refractivity contribution in [2.45, 2.75) is 12.1 Å². The van der Waals surface area contributed by atoms with Gasteiger partial charge in [-0.1, -0.05) is 18.2 Å². The molecule has 0 bridgehead atoms. The highest BCUT2D eigenvalue weighted by molar-refractivity contribution is 5.97. The van der Waals surface area contributed by atoms with Gasteiger partial charge in [-0.15, -0.1) is 0 Å². The first-order chi connectivity index (χ1) is 13.1. The second-order valence-electron chi connectivity index (χ2n) is 6.39. The maximum Gasteiger partial charge on any atom is 0.271 e. The van der Waals surface area contributed by atoms with Crippen molar-refractivity contribution in [1.29, 1.82) is 0 Å². The highest BCUT2D eigenvalue weighted by Gasteiger charge is 2.44. The van der Waals surface area contributed by atoms with Gasteiger partial charge in [-0.2, -0.15) is 0 Å². The predicted octanol–water partition coefficient (Wildman–Crippen LogP) is 1.77. The van der Waals surface area contributed by atoms with E-state index in [4.69, 9.17) is 9.47 Å². The van der Waals surface area contributed by atoms with Crippen molar-refractivity contribution in [3.8, 4) is 11.5 Å². The number of fused-ring (bicyclic) bond motifs is 3. The Morgan fingerprint density at radius 3 is 2.89 bits per heavy atom. The molecule has 2 aromatic rings. The zero-order chi connectivity index (χ0) is 19.0. The first-order valence-electron chi connectivity index (χ1n) is 8.44. The summed E-state index contributed by atoms with van der Waals surface area (Å²) in [4.78, 5) is 23.3. The van der Waals surface area contributed by atoms with Crippen LogP contribution in [0.15, 0.2) is 42.5 Å². The predicted molar refractivity (Wildman–Crippen MR) is 96.5 cm³/mol. The normalized spacial score (nSPS) is 22.9. The molecule has 9 heteroatoms. The zero-order valence-corrected chi connectivity index (χ0v) is 14.5. The number of benzene rings is 2. The molecule has 1 fully saturated rings. The van der Waals surface area contributed by atoms with E-state index in [-0.39, 0.29) is 29.2 Å². The Kier molecular flexibility index (Phi) is 4.38. The van der Waals surface area contributed by atoms with E-state index in [1.54, 1.807) is 0 Å². The van der Waals surface area contributed by atoms with E-state index in [0.29, 0.717) is 12.4 Å². The van der Waals surface area contributed by atoms with Crippen molar-refractivity contribution in [2.24, 2.45) is 5.92 Å². The lowest BCUT2D eigenvalue weighted by Crippen LogP contribution is -2.43. The number of methoxy groups -OCH3 is 1. The number of rotatable bonds is 4. The molecule has 4 rings (SSSR count). The number of amides is 1. The molecule has 3 atom stereocenters. The third-order valence-corrected chi connectivity index (χ3v) is 4.87. The number of anilines is 1. The molecule has 2 heterocycles. The zero-order valence-electron chi connectivity index (χ0n) is 14.5. The monoisotopic (exact) mass is 370 g/mol.